The van der Waals surface area contributed by atoms with Crippen molar-refractivity contribution >= 4 is 11.6 Å². The predicted octanol–water partition coefficient (Wildman–Crippen LogP) is 2.48. The summed E-state index contributed by atoms with van der Waals surface area (Å²) in [5.74, 6) is -0.380. The maximum atomic E-state index is 12.1. The number of phenolic OH excluding ortho intramolecular Hbond substituents is 2. The number of carbonyl (C=O) groups is 1. The van der Waals surface area contributed by atoms with Crippen molar-refractivity contribution < 1.29 is 15.0 Å². The molecule has 1 aliphatic rings. The number of benzene rings is 1. The highest BCUT2D eigenvalue weighted by Crippen LogP contribution is 2.41. The molecule has 1 aliphatic heterocycles. The Kier molecular flexibility index (Phi) is 4.42. The van der Waals surface area contributed by atoms with Gasteiger partial charge in [0.05, 0.1) is 0 Å². The lowest BCUT2D eigenvalue weighted by Gasteiger charge is -2.22. The van der Waals surface area contributed by atoms with Crippen LogP contribution < -0.4 is 10.6 Å². The van der Waals surface area contributed by atoms with Crippen molar-refractivity contribution in [2.45, 2.75) is 51.5 Å². The smallest absolute Gasteiger partial charge is 0.226 e. The Bertz CT molecular complexity index is 529. The van der Waals surface area contributed by atoms with Gasteiger partial charge in [0.15, 0.2) is 0 Å². The van der Waals surface area contributed by atoms with Crippen LogP contribution in [0.4, 0.5) is 5.69 Å². The summed E-state index contributed by atoms with van der Waals surface area (Å²) < 4.78 is 0. The Morgan fingerprint density at radius 1 is 1.38 bits per heavy atom. The number of amides is 1. The van der Waals surface area contributed by atoms with Crippen molar-refractivity contribution in [3.8, 4) is 11.5 Å². The first-order chi connectivity index (χ1) is 9.79. The third-order valence-electron chi connectivity index (χ3n) is 3.82. The van der Waals surface area contributed by atoms with Crippen molar-refractivity contribution in [3.63, 3.8) is 0 Å². The fraction of sp³-hybridized carbons (Fsp3) is 0.562. The molecule has 0 aromatic heterocycles. The molecule has 0 unspecified atom stereocenters. The fourth-order valence-corrected chi connectivity index (χ4v) is 2.65. The summed E-state index contributed by atoms with van der Waals surface area (Å²) in [6.07, 6.45) is 2.40. The topological polar surface area (TPSA) is 81.6 Å². The molecule has 21 heavy (non-hydrogen) atoms. The molecule has 1 fully saturated rings. The molecule has 5 heteroatoms. The van der Waals surface area contributed by atoms with Crippen LogP contribution in [0.3, 0.4) is 0 Å². The van der Waals surface area contributed by atoms with Crippen molar-refractivity contribution in [1.82, 2.24) is 5.32 Å². The van der Waals surface area contributed by atoms with E-state index in [2.05, 4.69) is 10.6 Å². The van der Waals surface area contributed by atoms with Crippen LogP contribution in [-0.4, -0.2) is 28.7 Å². The molecular formula is C16H24N2O3. The largest absolute Gasteiger partial charge is 0.506 e. The molecule has 5 nitrogen and oxygen atoms in total. The minimum absolute atomic E-state index is 0.0600. The molecule has 1 heterocycles. The first kappa shape index (κ1) is 15.6. The summed E-state index contributed by atoms with van der Waals surface area (Å²) in [5.41, 5.74) is 0.518. The third kappa shape index (κ3) is 3.67. The number of aromatic hydroxyl groups is 2. The Hall–Kier alpha value is -1.75. The van der Waals surface area contributed by atoms with Crippen LogP contribution in [0.1, 0.15) is 45.6 Å². The first-order valence-corrected chi connectivity index (χ1v) is 7.37. The van der Waals surface area contributed by atoms with E-state index in [9.17, 15) is 15.0 Å². The SMILES string of the molecule is CC(C)(C)c1ccc(O)c(NC(=O)C[C@@H]2CCCN2)c1O. The molecule has 116 valence electrons. The van der Waals surface area contributed by atoms with Gasteiger partial charge >= 0.3 is 0 Å². The molecule has 1 aromatic carbocycles. The lowest BCUT2D eigenvalue weighted by molar-refractivity contribution is -0.116. The minimum Gasteiger partial charge on any atom is -0.506 e. The molecule has 0 saturated carbocycles. The van der Waals surface area contributed by atoms with Crippen molar-refractivity contribution in [2.24, 2.45) is 0 Å². The molecule has 2 rings (SSSR count). The van der Waals surface area contributed by atoms with Gasteiger partial charge in [-0.1, -0.05) is 26.8 Å². The van der Waals surface area contributed by atoms with E-state index < -0.39 is 0 Å². The molecule has 4 N–H and O–H groups in total. The quantitative estimate of drug-likeness (QED) is 0.645. The summed E-state index contributed by atoms with van der Waals surface area (Å²) in [6.45, 7) is 6.83. The summed E-state index contributed by atoms with van der Waals surface area (Å²) in [5, 5.41) is 26.1. The van der Waals surface area contributed by atoms with Crippen LogP contribution in [0.15, 0.2) is 12.1 Å². The Labute approximate surface area is 125 Å². The van der Waals surface area contributed by atoms with Crippen LogP contribution in [0.2, 0.25) is 0 Å². The van der Waals surface area contributed by atoms with E-state index in [1.165, 1.54) is 6.07 Å². The van der Waals surface area contributed by atoms with E-state index in [1.54, 1.807) is 6.07 Å². The second-order valence-corrected chi connectivity index (χ2v) is 6.65. The number of nitrogens with one attached hydrogen (secondary N) is 2. The van der Waals surface area contributed by atoms with Gasteiger partial charge in [-0.15, -0.1) is 0 Å². The zero-order valence-corrected chi connectivity index (χ0v) is 12.9. The number of rotatable bonds is 3. The molecule has 0 aliphatic carbocycles. The number of phenols is 2. The van der Waals surface area contributed by atoms with Crippen LogP contribution in [0.25, 0.3) is 0 Å². The van der Waals surface area contributed by atoms with Crippen LogP contribution >= 0.6 is 0 Å². The standard InChI is InChI=1S/C16H24N2O3/c1-16(2,3)11-6-7-12(19)14(15(11)21)18-13(20)9-10-5-4-8-17-10/h6-7,10,17,19,21H,4-5,8-9H2,1-3H3,(H,18,20)/t10-/m0/s1. The van der Waals surface area contributed by atoms with Crippen molar-refractivity contribution in [2.75, 3.05) is 11.9 Å². The highest BCUT2D eigenvalue weighted by Gasteiger charge is 2.24. The second-order valence-electron chi connectivity index (χ2n) is 6.65. The first-order valence-electron chi connectivity index (χ1n) is 7.37. The fourth-order valence-electron chi connectivity index (χ4n) is 2.65. The maximum absolute atomic E-state index is 12.1. The van der Waals surface area contributed by atoms with E-state index in [0.29, 0.717) is 12.0 Å². The summed E-state index contributed by atoms with van der Waals surface area (Å²) in [4.78, 5) is 12.1. The number of hydrogen-bond acceptors (Lipinski definition) is 4. The van der Waals surface area contributed by atoms with E-state index in [-0.39, 0.29) is 34.6 Å². The van der Waals surface area contributed by atoms with Gasteiger partial charge in [0.2, 0.25) is 5.91 Å². The van der Waals surface area contributed by atoms with Gasteiger partial charge in [-0.25, -0.2) is 0 Å². The summed E-state index contributed by atoms with van der Waals surface area (Å²) >= 11 is 0. The minimum atomic E-state index is -0.274. The summed E-state index contributed by atoms with van der Waals surface area (Å²) in [6, 6.07) is 3.36. The van der Waals surface area contributed by atoms with Gasteiger partial charge < -0.3 is 20.8 Å². The van der Waals surface area contributed by atoms with E-state index >= 15 is 0 Å². The number of carbonyl (C=O) groups excluding carboxylic acids is 1. The van der Waals surface area contributed by atoms with Crippen LogP contribution in [0, 0.1) is 0 Å². The average molecular weight is 292 g/mol. The molecule has 1 atom stereocenters. The van der Waals surface area contributed by atoms with Crippen LogP contribution in [0.5, 0.6) is 11.5 Å². The molecule has 0 spiro atoms. The van der Waals surface area contributed by atoms with Gasteiger partial charge in [0.1, 0.15) is 17.2 Å². The lowest BCUT2D eigenvalue weighted by atomic mass is 9.86. The number of anilines is 1. The highest BCUT2D eigenvalue weighted by molar-refractivity contribution is 5.94. The van der Waals surface area contributed by atoms with E-state index in [1.807, 2.05) is 20.8 Å². The van der Waals surface area contributed by atoms with Gasteiger partial charge in [0, 0.05) is 18.0 Å². The van der Waals surface area contributed by atoms with Crippen LogP contribution in [-0.2, 0) is 10.2 Å². The maximum Gasteiger partial charge on any atom is 0.226 e. The van der Waals surface area contributed by atoms with Crippen molar-refractivity contribution in [1.29, 1.82) is 0 Å². The Balaban J connectivity index is 2.17. The Morgan fingerprint density at radius 2 is 2.10 bits per heavy atom. The normalized spacial score (nSPS) is 18.7. The average Bonchev–Trinajstić information content (AvgIpc) is 2.85. The van der Waals surface area contributed by atoms with Gasteiger partial charge in [-0.3, -0.25) is 4.79 Å². The lowest BCUT2D eigenvalue weighted by Crippen LogP contribution is -2.27. The Morgan fingerprint density at radius 3 is 2.67 bits per heavy atom. The van der Waals surface area contributed by atoms with Gasteiger partial charge in [0.25, 0.3) is 0 Å². The molecule has 0 radical (unpaired) electrons. The monoisotopic (exact) mass is 292 g/mol. The molecule has 1 saturated heterocycles. The second kappa shape index (κ2) is 5.93. The molecule has 1 amide bonds. The third-order valence-corrected chi connectivity index (χ3v) is 3.82. The van der Waals surface area contributed by atoms with Gasteiger partial charge in [-0.2, -0.15) is 0 Å². The summed E-state index contributed by atoms with van der Waals surface area (Å²) in [7, 11) is 0. The van der Waals surface area contributed by atoms with Crippen molar-refractivity contribution in [3.05, 3.63) is 17.7 Å². The van der Waals surface area contributed by atoms with E-state index in [4.69, 9.17) is 0 Å². The molecule has 0 bridgehead atoms. The molecular weight excluding hydrogens is 268 g/mol. The number of hydrogen-bond donors (Lipinski definition) is 4. The zero-order valence-electron chi connectivity index (χ0n) is 12.9. The zero-order chi connectivity index (χ0) is 15.6. The predicted molar refractivity (Wildman–Crippen MR) is 82.7 cm³/mol. The van der Waals surface area contributed by atoms with E-state index in [0.717, 1.165) is 19.4 Å². The highest BCUT2D eigenvalue weighted by atomic mass is 16.3. The molecule has 1 aromatic rings. The van der Waals surface area contributed by atoms with Gasteiger partial charge in [-0.05, 0) is 30.9 Å².